The zero-order valence-electron chi connectivity index (χ0n) is 7.84. The monoisotopic (exact) mass is 293 g/mol. The first kappa shape index (κ1) is 10.5. The van der Waals surface area contributed by atoms with E-state index in [4.69, 9.17) is 0 Å². The third-order valence-corrected chi connectivity index (χ3v) is 2.93. The Morgan fingerprint density at radius 2 is 2.31 bits per heavy atom. The number of halogens is 1. The lowest BCUT2D eigenvalue weighted by atomic mass is 10.2. The molecule has 0 atom stereocenters. The summed E-state index contributed by atoms with van der Waals surface area (Å²) in [6.45, 7) is 3.72. The molecule has 1 aromatic heterocycles. The number of hydrogen-bond donors (Lipinski definition) is 1. The molecule has 0 unspecified atom stereocenters. The van der Waals surface area contributed by atoms with E-state index in [0.29, 0.717) is 0 Å². The van der Waals surface area contributed by atoms with Crippen molar-refractivity contribution >= 4 is 34.2 Å². The van der Waals surface area contributed by atoms with Gasteiger partial charge in [-0.25, -0.2) is 0 Å². The topological polar surface area (TPSA) is 46.9 Å². The van der Waals surface area contributed by atoms with Crippen LogP contribution in [0, 0.1) is 9.62 Å². The molecule has 1 heterocycles. The number of nitrogens with zero attached hydrogens (tertiary/aromatic N) is 2. The molecule has 1 N–H and O–H groups in total. The van der Waals surface area contributed by atoms with E-state index < -0.39 is 0 Å². The molecule has 0 radical (unpaired) electrons. The summed E-state index contributed by atoms with van der Waals surface area (Å²) in [6.07, 6.45) is 1.65. The highest BCUT2D eigenvalue weighted by Gasteiger charge is 2.11. The summed E-state index contributed by atoms with van der Waals surface area (Å²) in [4.78, 5) is 11.3. The minimum absolute atomic E-state index is 0.00370. The van der Waals surface area contributed by atoms with E-state index in [9.17, 15) is 4.79 Å². The van der Waals surface area contributed by atoms with E-state index in [-0.39, 0.29) is 11.8 Å². The average Bonchev–Trinajstić information content (AvgIpc) is 2.36. The molecule has 0 spiro atoms. The highest BCUT2D eigenvalue weighted by molar-refractivity contribution is 14.1. The highest BCUT2D eigenvalue weighted by atomic mass is 127. The first-order valence-corrected chi connectivity index (χ1v) is 5.08. The van der Waals surface area contributed by atoms with Crippen molar-refractivity contribution in [2.24, 2.45) is 13.0 Å². The average molecular weight is 293 g/mol. The summed E-state index contributed by atoms with van der Waals surface area (Å²) in [5, 5.41) is 6.82. The molecular weight excluding hydrogens is 281 g/mol. The van der Waals surface area contributed by atoms with Gasteiger partial charge in [0.05, 0.1) is 11.9 Å². The molecule has 0 saturated carbocycles. The molecule has 0 aromatic carbocycles. The Hall–Kier alpha value is -0.590. The van der Waals surface area contributed by atoms with Crippen LogP contribution in [-0.4, -0.2) is 15.7 Å². The van der Waals surface area contributed by atoms with Gasteiger partial charge in [-0.15, -0.1) is 0 Å². The van der Waals surface area contributed by atoms with Crippen molar-refractivity contribution in [3.05, 3.63) is 9.90 Å². The summed E-state index contributed by atoms with van der Waals surface area (Å²) >= 11 is 2.14. The maximum atomic E-state index is 11.3. The van der Waals surface area contributed by atoms with Gasteiger partial charge in [-0.2, -0.15) is 5.10 Å². The predicted octanol–water partition coefficient (Wildman–Crippen LogP) is 1.62. The largest absolute Gasteiger partial charge is 0.322 e. The van der Waals surface area contributed by atoms with E-state index in [2.05, 4.69) is 33.0 Å². The van der Waals surface area contributed by atoms with E-state index in [1.165, 1.54) is 0 Å². The van der Waals surface area contributed by atoms with Crippen LogP contribution in [0.25, 0.3) is 0 Å². The van der Waals surface area contributed by atoms with E-state index >= 15 is 0 Å². The minimum Gasteiger partial charge on any atom is -0.322 e. The fourth-order valence-corrected chi connectivity index (χ4v) is 1.18. The highest BCUT2D eigenvalue weighted by Crippen LogP contribution is 2.16. The Balaban J connectivity index is 2.75. The molecule has 72 valence electrons. The van der Waals surface area contributed by atoms with Crippen molar-refractivity contribution in [3.8, 4) is 0 Å². The van der Waals surface area contributed by atoms with Gasteiger partial charge in [0, 0.05) is 13.0 Å². The van der Waals surface area contributed by atoms with Crippen molar-refractivity contribution in [3.63, 3.8) is 0 Å². The molecule has 0 aliphatic rings. The van der Waals surface area contributed by atoms with E-state index in [0.717, 1.165) is 9.39 Å². The smallest absolute Gasteiger partial charge is 0.227 e. The van der Waals surface area contributed by atoms with Crippen LogP contribution in [0.3, 0.4) is 0 Å². The molecule has 5 heteroatoms. The molecule has 1 aromatic rings. The first-order chi connectivity index (χ1) is 6.02. The van der Waals surface area contributed by atoms with Gasteiger partial charge in [0.15, 0.2) is 0 Å². The lowest BCUT2D eigenvalue weighted by Crippen LogP contribution is -2.18. The molecule has 13 heavy (non-hydrogen) atoms. The van der Waals surface area contributed by atoms with Crippen molar-refractivity contribution in [2.45, 2.75) is 13.8 Å². The van der Waals surface area contributed by atoms with Gasteiger partial charge in [-0.1, -0.05) is 13.8 Å². The van der Waals surface area contributed by atoms with Gasteiger partial charge < -0.3 is 5.32 Å². The maximum Gasteiger partial charge on any atom is 0.227 e. The SMILES string of the molecule is CC(C)C(=O)Nc1cnn(C)c1I. The van der Waals surface area contributed by atoms with Gasteiger partial charge in [-0.05, 0) is 22.6 Å². The number of hydrogen-bond acceptors (Lipinski definition) is 2. The molecule has 0 fully saturated rings. The Morgan fingerprint density at radius 3 is 2.69 bits per heavy atom. The van der Waals surface area contributed by atoms with Crippen LogP contribution in [-0.2, 0) is 11.8 Å². The van der Waals surface area contributed by atoms with Gasteiger partial charge in [0.1, 0.15) is 3.70 Å². The molecule has 4 nitrogen and oxygen atoms in total. The van der Waals surface area contributed by atoms with Gasteiger partial charge in [0.25, 0.3) is 0 Å². The second-order valence-corrected chi connectivity index (χ2v) is 4.14. The zero-order chi connectivity index (χ0) is 10.0. The Kier molecular flexibility index (Phi) is 3.29. The van der Waals surface area contributed by atoms with Crippen molar-refractivity contribution in [1.29, 1.82) is 0 Å². The van der Waals surface area contributed by atoms with E-state index in [1.807, 2.05) is 20.9 Å². The number of carbonyl (C=O) groups is 1. The standard InChI is InChI=1S/C8H12IN3O/c1-5(2)8(13)11-6-4-10-12(3)7(6)9/h4-5H,1-3H3,(H,11,13). The number of aryl methyl sites for hydroxylation is 1. The lowest BCUT2D eigenvalue weighted by molar-refractivity contribution is -0.118. The Labute approximate surface area is 90.8 Å². The normalized spacial score (nSPS) is 10.5. The fourth-order valence-electron chi connectivity index (χ4n) is 0.784. The summed E-state index contributed by atoms with van der Waals surface area (Å²) in [7, 11) is 1.84. The number of anilines is 1. The molecule has 0 aliphatic heterocycles. The van der Waals surface area contributed by atoms with Crippen LogP contribution in [0.15, 0.2) is 6.20 Å². The summed E-state index contributed by atoms with van der Waals surface area (Å²) in [5.74, 6) is 0.0157. The third kappa shape index (κ3) is 2.43. The first-order valence-electron chi connectivity index (χ1n) is 4.00. The quantitative estimate of drug-likeness (QED) is 0.842. The van der Waals surface area contributed by atoms with Crippen molar-refractivity contribution < 1.29 is 4.79 Å². The number of amides is 1. The maximum absolute atomic E-state index is 11.3. The molecular formula is C8H12IN3O. The summed E-state index contributed by atoms with van der Waals surface area (Å²) < 4.78 is 2.66. The lowest BCUT2D eigenvalue weighted by Gasteiger charge is -2.05. The number of nitrogens with one attached hydrogen (secondary N) is 1. The summed E-state index contributed by atoms with van der Waals surface area (Å²) in [5.41, 5.74) is 0.779. The fraction of sp³-hybridized carbons (Fsp3) is 0.500. The predicted molar refractivity (Wildman–Crippen MR) is 59.4 cm³/mol. The molecule has 0 bridgehead atoms. The molecule has 0 saturated heterocycles. The third-order valence-electron chi connectivity index (χ3n) is 1.65. The summed E-state index contributed by atoms with van der Waals surface area (Å²) in [6, 6.07) is 0. The van der Waals surface area contributed by atoms with Crippen LogP contribution >= 0.6 is 22.6 Å². The van der Waals surface area contributed by atoms with Crippen LogP contribution < -0.4 is 5.32 Å². The minimum atomic E-state index is -0.00370. The molecule has 1 rings (SSSR count). The van der Waals surface area contributed by atoms with Crippen LogP contribution in [0.2, 0.25) is 0 Å². The second-order valence-electron chi connectivity index (χ2n) is 3.12. The molecule has 0 aliphatic carbocycles. The number of carbonyl (C=O) groups excluding carboxylic acids is 1. The second kappa shape index (κ2) is 4.08. The van der Waals surface area contributed by atoms with Crippen molar-refractivity contribution in [2.75, 3.05) is 5.32 Å². The Morgan fingerprint density at radius 1 is 1.69 bits per heavy atom. The number of aromatic nitrogens is 2. The Bertz CT molecular complexity index is 319. The van der Waals surface area contributed by atoms with Crippen molar-refractivity contribution in [1.82, 2.24) is 9.78 Å². The van der Waals surface area contributed by atoms with Crippen LogP contribution in [0.4, 0.5) is 5.69 Å². The van der Waals surface area contributed by atoms with Gasteiger partial charge in [-0.3, -0.25) is 9.48 Å². The van der Waals surface area contributed by atoms with Crippen LogP contribution in [0.5, 0.6) is 0 Å². The zero-order valence-corrected chi connectivity index (χ0v) is 9.99. The molecule has 1 amide bonds. The van der Waals surface area contributed by atoms with Crippen LogP contribution in [0.1, 0.15) is 13.8 Å². The van der Waals surface area contributed by atoms with Gasteiger partial charge >= 0.3 is 0 Å². The van der Waals surface area contributed by atoms with E-state index in [1.54, 1.807) is 10.9 Å². The number of rotatable bonds is 2. The van der Waals surface area contributed by atoms with Gasteiger partial charge in [0.2, 0.25) is 5.91 Å².